The topological polar surface area (TPSA) is 56.8 Å². The molecule has 0 amide bonds. The lowest BCUT2D eigenvalue weighted by Gasteiger charge is -2.32. The van der Waals surface area contributed by atoms with Crippen LogP contribution in [0.3, 0.4) is 0 Å². The van der Waals surface area contributed by atoms with Crippen molar-refractivity contribution in [2.45, 2.75) is 64.6 Å². The summed E-state index contributed by atoms with van der Waals surface area (Å²) in [6, 6.07) is 39.0. The van der Waals surface area contributed by atoms with Crippen molar-refractivity contribution in [1.29, 1.82) is 0 Å². The number of ether oxygens (including phenoxy) is 3. The summed E-state index contributed by atoms with van der Waals surface area (Å²) in [6.07, 6.45) is 1.25. The predicted octanol–water partition coefficient (Wildman–Crippen LogP) is 8.33. The SMILES string of the molecule is CC(C)(C)OC=O.c1ccc2cc(COCc3ccc(C4CCNCC4OCc4ccc5ccccc5c4)cc3)ccc2c1. The smallest absolute Gasteiger partial charge is 0.293 e. The van der Waals surface area contributed by atoms with E-state index in [4.69, 9.17) is 9.47 Å². The van der Waals surface area contributed by atoms with Crippen LogP contribution >= 0.6 is 0 Å². The van der Waals surface area contributed by atoms with Gasteiger partial charge in [0, 0.05) is 12.5 Å². The van der Waals surface area contributed by atoms with Crippen LogP contribution in [0.4, 0.5) is 0 Å². The molecule has 5 aromatic carbocycles. The first-order valence-electron chi connectivity index (χ1n) is 15.4. The highest BCUT2D eigenvalue weighted by Crippen LogP contribution is 2.29. The fraction of sp³-hybridized carbons (Fsp3) is 0.308. The lowest BCUT2D eigenvalue weighted by molar-refractivity contribution is -0.138. The summed E-state index contributed by atoms with van der Waals surface area (Å²) in [5.74, 6) is 0.397. The molecular formula is C39H43NO4. The van der Waals surface area contributed by atoms with Gasteiger partial charge in [0.1, 0.15) is 5.60 Å². The molecule has 5 aromatic rings. The van der Waals surface area contributed by atoms with E-state index in [0.717, 1.165) is 19.5 Å². The Hall–Kier alpha value is -4.03. The number of benzene rings is 5. The minimum atomic E-state index is -0.318. The van der Waals surface area contributed by atoms with Gasteiger partial charge in [0.15, 0.2) is 0 Å². The maximum Gasteiger partial charge on any atom is 0.293 e. The second kappa shape index (κ2) is 15.1. The predicted molar refractivity (Wildman–Crippen MR) is 179 cm³/mol. The molecule has 0 radical (unpaired) electrons. The molecule has 0 aliphatic carbocycles. The van der Waals surface area contributed by atoms with E-state index in [9.17, 15) is 4.79 Å². The average Bonchev–Trinajstić information content (AvgIpc) is 3.04. The maximum absolute atomic E-state index is 9.60. The summed E-state index contributed by atoms with van der Waals surface area (Å²) in [4.78, 5) is 9.60. The minimum Gasteiger partial charge on any atom is -0.462 e. The molecule has 6 rings (SSSR count). The van der Waals surface area contributed by atoms with Crippen molar-refractivity contribution in [3.8, 4) is 0 Å². The van der Waals surface area contributed by atoms with Gasteiger partial charge in [-0.05, 0) is 89.7 Å². The molecule has 0 saturated carbocycles. The zero-order chi connectivity index (χ0) is 30.8. The molecule has 0 spiro atoms. The fourth-order valence-electron chi connectivity index (χ4n) is 5.54. The molecule has 2 atom stereocenters. The van der Waals surface area contributed by atoms with Crippen LogP contribution in [0.25, 0.3) is 21.5 Å². The third kappa shape index (κ3) is 8.99. The summed E-state index contributed by atoms with van der Waals surface area (Å²) in [5, 5.41) is 8.57. The first-order chi connectivity index (χ1) is 21.4. The number of hydrogen-bond donors (Lipinski definition) is 1. The Bertz CT molecular complexity index is 1640. The second-order valence-electron chi connectivity index (χ2n) is 12.4. The van der Waals surface area contributed by atoms with Crippen LogP contribution in [-0.2, 0) is 38.8 Å². The number of carbonyl (C=O) groups excluding carboxylic acids is 1. The summed E-state index contributed by atoms with van der Waals surface area (Å²) < 4.78 is 17.1. The van der Waals surface area contributed by atoms with Crippen molar-refractivity contribution in [2.24, 2.45) is 0 Å². The van der Waals surface area contributed by atoms with Crippen LogP contribution in [0.2, 0.25) is 0 Å². The lowest BCUT2D eigenvalue weighted by atomic mass is 9.87. The van der Waals surface area contributed by atoms with E-state index in [0.29, 0.717) is 32.2 Å². The van der Waals surface area contributed by atoms with Crippen molar-refractivity contribution in [1.82, 2.24) is 5.32 Å². The van der Waals surface area contributed by atoms with Crippen molar-refractivity contribution in [2.75, 3.05) is 13.1 Å². The normalized spacial score (nSPS) is 16.7. The molecule has 1 fully saturated rings. The van der Waals surface area contributed by atoms with Gasteiger partial charge in [-0.15, -0.1) is 0 Å². The first-order valence-corrected chi connectivity index (χ1v) is 15.4. The van der Waals surface area contributed by atoms with Crippen LogP contribution in [-0.4, -0.2) is 31.3 Å². The van der Waals surface area contributed by atoms with E-state index in [2.05, 4.69) is 119 Å². The van der Waals surface area contributed by atoms with Crippen molar-refractivity contribution < 1.29 is 19.0 Å². The Labute approximate surface area is 261 Å². The number of fused-ring (bicyclic) bond motifs is 2. The van der Waals surface area contributed by atoms with Crippen molar-refractivity contribution >= 4 is 28.0 Å². The highest BCUT2D eigenvalue weighted by molar-refractivity contribution is 5.83. The van der Waals surface area contributed by atoms with Crippen LogP contribution < -0.4 is 5.32 Å². The highest BCUT2D eigenvalue weighted by Gasteiger charge is 2.27. The number of rotatable bonds is 9. The van der Waals surface area contributed by atoms with Gasteiger partial charge in [0.2, 0.25) is 0 Å². The van der Waals surface area contributed by atoms with Crippen molar-refractivity contribution in [3.05, 3.63) is 131 Å². The fourth-order valence-corrected chi connectivity index (χ4v) is 5.54. The molecule has 1 aliphatic heterocycles. The largest absolute Gasteiger partial charge is 0.462 e. The molecule has 0 aromatic heterocycles. The maximum atomic E-state index is 9.60. The second-order valence-corrected chi connectivity index (χ2v) is 12.4. The summed E-state index contributed by atoms with van der Waals surface area (Å²) in [6.45, 7) is 9.69. The van der Waals surface area contributed by atoms with Crippen molar-refractivity contribution in [3.63, 3.8) is 0 Å². The van der Waals surface area contributed by atoms with Crippen LogP contribution in [0.1, 0.15) is 55.4 Å². The molecule has 44 heavy (non-hydrogen) atoms. The molecule has 1 aliphatic rings. The quantitative estimate of drug-likeness (QED) is 0.175. The third-order valence-electron chi connectivity index (χ3n) is 7.87. The van der Waals surface area contributed by atoms with Gasteiger partial charge >= 0.3 is 0 Å². The Balaban J connectivity index is 0.000000493. The summed E-state index contributed by atoms with van der Waals surface area (Å²) in [7, 11) is 0. The van der Waals surface area contributed by atoms with Gasteiger partial charge in [-0.1, -0.05) is 97.1 Å². The Morgan fingerprint density at radius 2 is 1.25 bits per heavy atom. The Morgan fingerprint density at radius 1 is 0.705 bits per heavy atom. The van der Waals surface area contributed by atoms with Gasteiger partial charge in [-0.2, -0.15) is 0 Å². The lowest BCUT2D eigenvalue weighted by Crippen LogP contribution is -2.40. The van der Waals surface area contributed by atoms with Crippen LogP contribution in [0.15, 0.2) is 109 Å². The van der Waals surface area contributed by atoms with Gasteiger partial charge in [-0.3, -0.25) is 4.79 Å². The van der Waals surface area contributed by atoms with Gasteiger partial charge in [0.25, 0.3) is 6.47 Å². The molecule has 5 heteroatoms. The van der Waals surface area contributed by atoms with Crippen LogP contribution in [0, 0.1) is 0 Å². The van der Waals surface area contributed by atoms with Gasteiger partial charge < -0.3 is 19.5 Å². The number of hydrogen-bond acceptors (Lipinski definition) is 5. The Kier molecular flexibility index (Phi) is 10.8. The number of carbonyl (C=O) groups is 1. The van der Waals surface area contributed by atoms with E-state index in [1.807, 2.05) is 20.8 Å². The third-order valence-corrected chi connectivity index (χ3v) is 7.87. The zero-order valence-corrected chi connectivity index (χ0v) is 26.0. The molecular weight excluding hydrogens is 546 g/mol. The molecule has 1 N–H and O–H groups in total. The van der Waals surface area contributed by atoms with Gasteiger partial charge in [0.05, 0.1) is 25.9 Å². The monoisotopic (exact) mass is 589 g/mol. The standard InChI is InChI=1S/C34H33NO2.C5H10O2/c1-3-7-31-19-26(11-13-28(31)5-1)23-36-22-25-9-15-30(16-10-25)33-17-18-35-21-34(33)37-24-27-12-14-29-6-2-4-8-32(29)20-27;1-5(2,3)7-4-6/h1-16,19-20,33-35H,17-18,21-24H2;4H,1-3H3. The molecule has 228 valence electrons. The molecule has 1 saturated heterocycles. The summed E-state index contributed by atoms with van der Waals surface area (Å²) in [5.41, 5.74) is 4.66. The summed E-state index contributed by atoms with van der Waals surface area (Å²) >= 11 is 0. The zero-order valence-electron chi connectivity index (χ0n) is 26.0. The number of piperidine rings is 1. The minimum absolute atomic E-state index is 0.162. The van der Waals surface area contributed by atoms with E-state index >= 15 is 0 Å². The highest BCUT2D eigenvalue weighted by atomic mass is 16.5. The molecule has 1 heterocycles. The van der Waals surface area contributed by atoms with E-state index in [1.54, 1.807) is 0 Å². The van der Waals surface area contributed by atoms with E-state index in [1.165, 1.54) is 43.8 Å². The molecule has 5 nitrogen and oxygen atoms in total. The molecule has 2 unspecified atom stereocenters. The van der Waals surface area contributed by atoms with E-state index < -0.39 is 0 Å². The Morgan fingerprint density at radius 3 is 1.82 bits per heavy atom. The number of nitrogens with one attached hydrogen (secondary N) is 1. The average molecular weight is 590 g/mol. The molecule has 0 bridgehead atoms. The van der Waals surface area contributed by atoms with Crippen LogP contribution in [0.5, 0.6) is 0 Å². The van der Waals surface area contributed by atoms with Gasteiger partial charge in [-0.25, -0.2) is 0 Å². The van der Waals surface area contributed by atoms with E-state index in [-0.39, 0.29) is 11.7 Å². The first kappa shape index (κ1) is 31.4.